The van der Waals surface area contributed by atoms with Gasteiger partial charge in [0.25, 0.3) is 0 Å². The van der Waals surface area contributed by atoms with Crippen LogP contribution in [0, 0.1) is 17.3 Å². The molecular formula is C11H22. The van der Waals surface area contributed by atoms with Crippen molar-refractivity contribution in [3.63, 3.8) is 0 Å². The Balaban J connectivity index is 2.25. The second-order valence-corrected chi connectivity index (χ2v) is 4.65. The fraction of sp³-hybridized carbons (Fsp3) is 1.00. The molecule has 1 saturated carbocycles. The van der Waals surface area contributed by atoms with Crippen LogP contribution in [-0.2, 0) is 0 Å². The third-order valence-corrected chi connectivity index (χ3v) is 3.83. The number of hydrogen-bond donors (Lipinski definition) is 0. The molecule has 0 spiro atoms. The van der Waals surface area contributed by atoms with Gasteiger partial charge in [-0.3, -0.25) is 0 Å². The number of hydrogen-bond acceptors (Lipinski definition) is 0. The first-order valence-corrected chi connectivity index (χ1v) is 5.11. The quantitative estimate of drug-likeness (QED) is 0.577. The lowest BCUT2D eigenvalue weighted by Crippen LogP contribution is -2.10. The zero-order valence-electron chi connectivity index (χ0n) is 8.48. The molecule has 0 N–H and O–H groups in total. The van der Waals surface area contributed by atoms with Gasteiger partial charge in [-0.15, -0.1) is 0 Å². The smallest absolute Gasteiger partial charge is 0.0272 e. The lowest BCUT2D eigenvalue weighted by molar-refractivity contribution is 0.310. The van der Waals surface area contributed by atoms with E-state index in [0.717, 1.165) is 17.3 Å². The van der Waals surface area contributed by atoms with Crippen molar-refractivity contribution >= 4 is 0 Å². The highest BCUT2D eigenvalue weighted by Crippen LogP contribution is 2.58. The van der Waals surface area contributed by atoms with Gasteiger partial charge in [-0.2, -0.15) is 0 Å². The molecule has 1 aliphatic rings. The van der Waals surface area contributed by atoms with E-state index in [1.165, 1.54) is 25.7 Å². The summed E-state index contributed by atoms with van der Waals surface area (Å²) in [5, 5.41) is 0. The monoisotopic (exact) mass is 154 g/mol. The molecule has 0 amide bonds. The Bertz CT molecular complexity index is 128. The molecule has 0 aliphatic heterocycles. The Morgan fingerprint density at radius 1 is 1.55 bits per heavy atom. The normalized spacial score (nSPS) is 38.7. The molecule has 11 heavy (non-hydrogen) atoms. The van der Waals surface area contributed by atoms with E-state index in [9.17, 15) is 0 Å². The van der Waals surface area contributed by atoms with E-state index >= 15 is 0 Å². The van der Waals surface area contributed by atoms with Gasteiger partial charge >= 0.3 is 0 Å². The zero-order chi connectivity index (χ0) is 8.48. The fourth-order valence-electron chi connectivity index (χ4n) is 2.13. The Labute approximate surface area is 71.4 Å². The van der Waals surface area contributed by atoms with E-state index in [1.807, 2.05) is 0 Å². The average Bonchev–Trinajstić information content (AvgIpc) is 2.56. The van der Waals surface area contributed by atoms with Crippen LogP contribution in [0.25, 0.3) is 0 Å². The van der Waals surface area contributed by atoms with Crippen molar-refractivity contribution < 1.29 is 0 Å². The Morgan fingerprint density at radius 3 is 2.45 bits per heavy atom. The predicted octanol–water partition coefficient (Wildman–Crippen LogP) is 3.86. The first kappa shape index (κ1) is 9.09. The van der Waals surface area contributed by atoms with Gasteiger partial charge in [-0.05, 0) is 23.7 Å². The molecule has 1 fully saturated rings. The number of unbranched alkanes of at least 4 members (excludes halogenated alkanes) is 1. The van der Waals surface area contributed by atoms with Crippen molar-refractivity contribution in [2.45, 2.75) is 53.4 Å². The van der Waals surface area contributed by atoms with Gasteiger partial charge < -0.3 is 0 Å². The van der Waals surface area contributed by atoms with Gasteiger partial charge in [0.05, 0.1) is 0 Å². The molecule has 3 unspecified atom stereocenters. The van der Waals surface area contributed by atoms with Gasteiger partial charge in [0.2, 0.25) is 0 Å². The molecule has 1 rings (SSSR count). The van der Waals surface area contributed by atoms with Crippen LogP contribution in [0.3, 0.4) is 0 Å². The maximum absolute atomic E-state index is 2.46. The summed E-state index contributed by atoms with van der Waals surface area (Å²) >= 11 is 0. The van der Waals surface area contributed by atoms with Crippen molar-refractivity contribution in [3.8, 4) is 0 Å². The summed E-state index contributed by atoms with van der Waals surface area (Å²) in [6.07, 6.45) is 5.69. The maximum Gasteiger partial charge on any atom is -0.0272 e. The van der Waals surface area contributed by atoms with Crippen molar-refractivity contribution in [2.75, 3.05) is 0 Å². The lowest BCUT2D eigenvalue weighted by atomic mass is 9.86. The van der Waals surface area contributed by atoms with Crippen LogP contribution < -0.4 is 0 Å². The molecule has 66 valence electrons. The Morgan fingerprint density at radius 2 is 2.09 bits per heavy atom. The largest absolute Gasteiger partial charge is 0.0654 e. The first-order valence-electron chi connectivity index (χ1n) is 5.11. The summed E-state index contributed by atoms with van der Waals surface area (Å²) in [5.41, 5.74) is 0.717. The molecular weight excluding hydrogens is 132 g/mol. The minimum absolute atomic E-state index is 0.717. The SMILES string of the molecule is CCCCC(C)C1(C)CC1C. The molecule has 0 bridgehead atoms. The minimum Gasteiger partial charge on any atom is -0.0654 e. The van der Waals surface area contributed by atoms with E-state index in [-0.39, 0.29) is 0 Å². The van der Waals surface area contributed by atoms with Crippen molar-refractivity contribution in [2.24, 2.45) is 17.3 Å². The third-order valence-electron chi connectivity index (χ3n) is 3.83. The summed E-state index contributed by atoms with van der Waals surface area (Å²) in [5.74, 6) is 1.95. The van der Waals surface area contributed by atoms with Crippen LogP contribution in [0.15, 0.2) is 0 Å². The second-order valence-electron chi connectivity index (χ2n) is 4.65. The molecule has 3 atom stereocenters. The summed E-state index contributed by atoms with van der Waals surface area (Å²) in [6, 6.07) is 0. The molecule has 0 heteroatoms. The zero-order valence-corrected chi connectivity index (χ0v) is 8.48. The molecule has 0 saturated heterocycles. The van der Waals surface area contributed by atoms with Crippen molar-refractivity contribution in [1.29, 1.82) is 0 Å². The molecule has 0 heterocycles. The van der Waals surface area contributed by atoms with Crippen LogP contribution in [-0.4, -0.2) is 0 Å². The average molecular weight is 154 g/mol. The van der Waals surface area contributed by atoms with E-state index in [1.54, 1.807) is 0 Å². The summed E-state index contributed by atoms with van der Waals surface area (Å²) in [7, 11) is 0. The highest BCUT2D eigenvalue weighted by molar-refractivity contribution is 4.99. The van der Waals surface area contributed by atoms with Crippen LogP contribution in [0.1, 0.15) is 53.4 Å². The predicted molar refractivity (Wildman–Crippen MR) is 50.6 cm³/mol. The van der Waals surface area contributed by atoms with E-state index in [2.05, 4.69) is 27.7 Å². The third kappa shape index (κ3) is 1.77. The van der Waals surface area contributed by atoms with Crippen molar-refractivity contribution in [3.05, 3.63) is 0 Å². The summed E-state index contributed by atoms with van der Waals surface area (Å²) in [6.45, 7) is 9.56. The highest BCUT2D eigenvalue weighted by atomic mass is 14.5. The van der Waals surface area contributed by atoms with Gasteiger partial charge in [0.15, 0.2) is 0 Å². The maximum atomic E-state index is 2.46. The standard InChI is InChI=1S/C11H22/c1-5-6-7-9(2)11(4)8-10(11)3/h9-10H,5-8H2,1-4H3. The molecule has 0 aromatic carbocycles. The van der Waals surface area contributed by atoms with Gasteiger partial charge in [-0.25, -0.2) is 0 Å². The van der Waals surface area contributed by atoms with E-state index in [0.29, 0.717) is 0 Å². The molecule has 0 radical (unpaired) electrons. The molecule has 1 aliphatic carbocycles. The molecule has 0 nitrogen and oxygen atoms in total. The molecule has 0 aromatic heterocycles. The van der Waals surface area contributed by atoms with Crippen LogP contribution >= 0.6 is 0 Å². The topological polar surface area (TPSA) is 0 Å². The Hall–Kier alpha value is 0. The van der Waals surface area contributed by atoms with Gasteiger partial charge in [0, 0.05) is 0 Å². The summed E-state index contributed by atoms with van der Waals surface area (Å²) < 4.78 is 0. The summed E-state index contributed by atoms with van der Waals surface area (Å²) in [4.78, 5) is 0. The van der Waals surface area contributed by atoms with Crippen LogP contribution in [0.2, 0.25) is 0 Å². The first-order chi connectivity index (χ1) is 5.11. The van der Waals surface area contributed by atoms with E-state index < -0.39 is 0 Å². The van der Waals surface area contributed by atoms with Crippen LogP contribution in [0.4, 0.5) is 0 Å². The van der Waals surface area contributed by atoms with E-state index in [4.69, 9.17) is 0 Å². The fourth-order valence-corrected chi connectivity index (χ4v) is 2.13. The minimum atomic E-state index is 0.717. The van der Waals surface area contributed by atoms with Gasteiger partial charge in [0.1, 0.15) is 0 Å². The molecule has 0 aromatic rings. The highest BCUT2D eigenvalue weighted by Gasteiger charge is 2.49. The van der Waals surface area contributed by atoms with Gasteiger partial charge in [-0.1, -0.05) is 47.0 Å². The number of rotatable bonds is 4. The lowest BCUT2D eigenvalue weighted by Gasteiger charge is -2.19. The second kappa shape index (κ2) is 3.16. The van der Waals surface area contributed by atoms with Crippen molar-refractivity contribution in [1.82, 2.24) is 0 Å². The van der Waals surface area contributed by atoms with Crippen LogP contribution in [0.5, 0.6) is 0 Å². The Kier molecular flexibility index (Phi) is 2.61.